The van der Waals surface area contributed by atoms with Gasteiger partial charge in [0.2, 0.25) is 11.8 Å². The van der Waals surface area contributed by atoms with E-state index in [2.05, 4.69) is 9.97 Å². The third kappa shape index (κ3) is 2.88. The maximum absolute atomic E-state index is 12.8. The van der Waals surface area contributed by atoms with Gasteiger partial charge in [-0.1, -0.05) is 23.5 Å². The number of fused-ring (bicyclic) bond motifs is 1. The molecule has 0 aliphatic carbocycles. The molecular weight excluding hydrogens is 360 g/mol. The molecule has 7 heteroatoms. The van der Waals surface area contributed by atoms with Gasteiger partial charge in [-0.3, -0.25) is 19.5 Å². The first-order valence-electron chi connectivity index (χ1n) is 9.03. The van der Waals surface area contributed by atoms with Crippen LogP contribution in [0.25, 0.3) is 10.2 Å². The predicted octanol–water partition coefficient (Wildman–Crippen LogP) is 2.67. The minimum absolute atomic E-state index is 0.0152. The van der Waals surface area contributed by atoms with E-state index >= 15 is 0 Å². The van der Waals surface area contributed by atoms with Gasteiger partial charge in [0.1, 0.15) is 0 Å². The number of nitrogens with zero attached hydrogens (tertiary/aromatic N) is 4. The SMILES string of the molecule is O=C(C1CC(=O)N(c2nc3ccccc3s2)C1)N1CC(c2ccncc2)C1. The number of amides is 2. The zero-order valence-electron chi connectivity index (χ0n) is 14.6. The number of rotatable bonds is 3. The highest BCUT2D eigenvalue weighted by molar-refractivity contribution is 7.22. The summed E-state index contributed by atoms with van der Waals surface area (Å²) in [6, 6.07) is 11.8. The molecule has 0 radical (unpaired) electrons. The molecule has 3 aromatic rings. The summed E-state index contributed by atoms with van der Waals surface area (Å²) < 4.78 is 1.05. The number of pyridine rings is 1. The number of carbonyl (C=O) groups excluding carboxylic acids is 2. The molecule has 2 fully saturated rings. The zero-order valence-corrected chi connectivity index (χ0v) is 15.4. The van der Waals surface area contributed by atoms with Crippen LogP contribution in [0.5, 0.6) is 0 Å². The minimum Gasteiger partial charge on any atom is -0.341 e. The van der Waals surface area contributed by atoms with Gasteiger partial charge < -0.3 is 4.90 Å². The molecule has 0 N–H and O–H groups in total. The number of likely N-dealkylation sites (tertiary alicyclic amines) is 1. The van der Waals surface area contributed by atoms with Crippen LogP contribution in [0, 0.1) is 5.92 Å². The molecule has 5 rings (SSSR count). The zero-order chi connectivity index (χ0) is 18.4. The van der Waals surface area contributed by atoms with Crippen molar-refractivity contribution in [3.05, 3.63) is 54.4 Å². The highest BCUT2D eigenvalue weighted by atomic mass is 32.1. The van der Waals surface area contributed by atoms with Crippen molar-refractivity contribution in [1.29, 1.82) is 0 Å². The van der Waals surface area contributed by atoms with Crippen LogP contribution in [0.4, 0.5) is 5.13 Å². The third-order valence-electron chi connectivity index (χ3n) is 5.36. The van der Waals surface area contributed by atoms with E-state index in [9.17, 15) is 9.59 Å². The van der Waals surface area contributed by atoms with Gasteiger partial charge in [-0.25, -0.2) is 4.98 Å². The lowest BCUT2D eigenvalue weighted by atomic mass is 9.90. The van der Waals surface area contributed by atoms with Gasteiger partial charge in [0.25, 0.3) is 0 Å². The first-order chi connectivity index (χ1) is 13.2. The standard InChI is InChI=1S/C20H18N4O2S/c25-18-9-14(12-24(18)20-22-16-3-1-2-4-17(16)27-20)19(26)23-10-15(11-23)13-5-7-21-8-6-13/h1-8,14-15H,9-12H2. The van der Waals surface area contributed by atoms with Crippen molar-refractivity contribution in [2.75, 3.05) is 24.5 Å². The van der Waals surface area contributed by atoms with Crippen molar-refractivity contribution < 1.29 is 9.59 Å². The number of anilines is 1. The van der Waals surface area contributed by atoms with Gasteiger partial charge in [-0.2, -0.15) is 0 Å². The molecule has 1 unspecified atom stereocenters. The summed E-state index contributed by atoms with van der Waals surface area (Å²) in [4.78, 5) is 37.5. The van der Waals surface area contributed by atoms with Crippen LogP contribution >= 0.6 is 11.3 Å². The second kappa shape index (κ2) is 6.42. The molecule has 2 aliphatic heterocycles. The second-order valence-electron chi connectivity index (χ2n) is 7.09. The van der Waals surface area contributed by atoms with E-state index < -0.39 is 0 Å². The van der Waals surface area contributed by atoms with Gasteiger partial charge in [-0.15, -0.1) is 0 Å². The number of hydrogen-bond acceptors (Lipinski definition) is 5. The normalized spacial score (nSPS) is 20.3. The molecule has 2 amide bonds. The van der Waals surface area contributed by atoms with Crippen LogP contribution in [-0.2, 0) is 9.59 Å². The molecule has 136 valence electrons. The van der Waals surface area contributed by atoms with Crippen molar-refractivity contribution in [2.24, 2.45) is 5.92 Å². The van der Waals surface area contributed by atoms with Crippen molar-refractivity contribution in [3.63, 3.8) is 0 Å². The highest BCUT2D eigenvalue weighted by Crippen LogP contribution is 2.35. The molecule has 1 aromatic carbocycles. The molecule has 2 aliphatic rings. The number of thiazole rings is 1. The molecular formula is C20H18N4O2S. The lowest BCUT2D eigenvalue weighted by Crippen LogP contribution is -2.51. The van der Waals surface area contributed by atoms with Crippen molar-refractivity contribution >= 4 is 38.5 Å². The van der Waals surface area contributed by atoms with Crippen molar-refractivity contribution in [1.82, 2.24) is 14.9 Å². The molecule has 0 spiro atoms. The Morgan fingerprint density at radius 2 is 1.85 bits per heavy atom. The minimum atomic E-state index is -0.275. The van der Waals surface area contributed by atoms with Crippen molar-refractivity contribution in [2.45, 2.75) is 12.3 Å². The summed E-state index contributed by atoms with van der Waals surface area (Å²) in [7, 11) is 0. The van der Waals surface area contributed by atoms with E-state index in [0.29, 0.717) is 30.7 Å². The fourth-order valence-electron chi connectivity index (χ4n) is 3.80. The second-order valence-corrected chi connectivity index (χ2v) is 8.10. The highest BCUT2D eigenvalue weighted by Gasteiger charge is 2.41. The van der Waals surface area contributed by atoms with Gasteiger partial charge in [-0.05, 0) is 29.8 Å². The van der Waals surface area contributed by atoms with Crippen LogP contribution in [-0.4, -0.2) is 46.3 Å². The number of hydrogen-bond donors (Lipinski definition) is 0. The Morgan fingerprint density at radius 3 is 2.63 bits per heavy atom. The average Bonchev–Trinajstić information content (AvgIpc) is 3.24. The Morgan fingerprint density at radius 1 is 1.07 bits per heavy atom. The topological polar surface area (TPSA) is 66.4 Å². The summed E-state index contributed by atoms with van der Waals surface area (Å²) in [5, 5.41) is 0.690. The summed E-state index contributed by atoms with van der Waals surface area (Å²) in [6.45, 7) is 1.86. The molecule has 2 aromatic heterocycles. The summed E-state index contributed by atoms with van der Waals surface area (Å²) in [5.74, 6) is 0.160. The number of aromatic nitrogens is 2. The summed E-state index contributed by atoms with van der Waals surface area (Å²) >= 11 is 1.50. The molecule has 4 heterocycles. The van der Waals surface area contributed by atoms with Gasteiger partial charge >= 0.3 is 0 Å². The Hall–Kier alpha value is -2.80. The number of para-hydroxylation sites is 1. The maximum atomic E-state index is 12.8. The largest absolute Gasteiger partial charge is 0.341 e. The Bertz CT molecular complexity index is 980. The van der Waals surface area contributed by atoms with Gasteiger partial charge in [0.05, 0.1) is 16.1 Å². The van der Waals surface area contributed by atoms with E-state index in [1.54, 1.807) is 17.3 Å². The van der Waals surface area contributed by atoms with Crippen LogP contribution in [0.3, 0.4) is 0 Å². The Kier molecular flexibility index (Phi) is 3.89. The van der Waals surface area contributed by atoms with Crippen LogP contribution in [0.1, 0.15) is 17.9 Å². The first-order valence-corrected chi connectivity index (χ1v) is 9.85. The quantitative estimate of drug-likeness (QED) is 0.703. The van der Waals surface area contributed by atoms with E-state index in [1.165, 1.54) is 16.9 Å². The smallest absolute Gasteiger partial charge is 0.229 e. The van der Waals surface area contributed by atoms with Gasteiger partial charge in [0, 0.05) is 44.4 Å². The van der Waals surface area contributed by atoms with Crippen LogP contribution < -0.4 is 4.90 Å². The molecule has 27 heavy (non-hydrogen) atoms. The summed E-state index contributed by atoms with van der Waals surface area (Å²) in [6.07, 6.45) is 3.84. The Labute approximate surface area is 160 Å². The molecule has 6 nitrogen and oxygen atoms in total. The lowest BCUT2D eigenvalue weighted by molar-refractivity contribution is -0.140. The monoisotopic (exact) mass is 378 g/mol. The fourth-order valence-corrected chi connectivity index (χ4v) is 4.79. The van der Waals surface area contributed by atoms with E-state index in [-0.39, 0.29) is 24.2 Å². The van der Waals surface area contributed by atoms with Crippen molar-refractivity contribution in [3.8, 4) is 0 Å². The average molecular weight is 378 g/mol. The molecule has 2 saturated heterocycles. The fraction of sp³-hybridized carbons (Fsp3) is 0.300. The number of carbonyl (C=O) groups is 2. The van der Waals surface area contributed by atoms with Crippen LogP contribution in [0.15, 0.2) is 48.8 Å². The number of benzene rings is 1. The summed E-state index contributed by atoms with van der Waals surface area (Å²) in [5.41, 5.74) is 2.11. The Balaban J connectivity index is 1.26. The molecule has 0 saturated carbocycles. The van der Waals surface area contributed by atoms with E-state index in [0.717, 1.165) is 10.2 Å². The third-order valence-corrected chi connectivity index (χ3v) is 6.42. The van der Waals surface area contributed by atoms with E-state index in [4.69, 9.17) is 0 Å². The maximum Gasteiger partial charge on any atom is 0.229 e. The lowest BCUT2D eigenvalue weighted by Gasteiger charge is -2.40. The molecule has 1 atom stereocenters. The predicted molar refractivity (Wildman–Crippen MR) is 104 cm³/mol. The molecule has 0 bridgehead atoms. The van der Waals surface area contributed by atoms with E-state index in [1.807, 2.05) is 41.3 Å². The first kappa shape index (κ1) is 16.4. The van der Waals surface area contributed by atoms with Gasteiger partial charge in [0.15, 0.2) is 5.13 Å². The van der Waals surface area contributed by atoms with Crippen LogP contribution in [0.2, 0.25) is 0 Å².